The number of benzene rings is 2. The van der Waals surface area contributed by atoms with Crippen molar-refractivity contribution in [3.63, 3.8) is 0 Å². The van der Waals surface area contributed by atoms with Gasteiger partial charge in [-0.15, -0.1) is 0 Å². The van der Waals surface area contributed by atoms with Crippen LogP contribution in [0.15, 0.2) is 36.4 Å². The highest BCUT2D eigenvalue weighted by Crippen LogP contribution is 2.40. The SMILES string of the molecule is CCC(Oc1cccc(N)c1)C(=O)c1ccc(OC)c(OC)c1OC. The molecule has 0 spiro atoms. The predicted octanol–water partition coefficient (Wildman–Crippen LogP) is 3.33. The predicted molar refractivity (Wildman–Crippen MR) is 96.0 cm³/mol. The Labute approximate surface area is 147 Å². The third-order valence-corrected chi connectivity index (χ3v) is 3.77. The van der Waals surface area contributed by atoms with Crippen LogP contribution < -0.4 is 24.7 Å². The van der Waals surface area contributed by atoms with E-state index >= 15 is 0 Å². The fourth-order valence-corrected chi connectivity index (χ4v) is 2.54. The highest BCUT2D eigenvalue weighted by Gasteiger charge is 2.27. The number of ether oxygens (including phenoxy) is 4. The second kappa shape index (κ2) is 8.28. The Balaban J connectivity index is 2.37. The average molecular weight is 345 g/mol. The van der Waals surface area contributed by atoms with Crippen molar-refractivity contribution in [2.24, 2.45) is 0 Å². The van der Waals surface area contributed by atoms with Crippen LogP contribution in [0.25, 0.3) is 0 Å². The number of nitrogens with two attached hydrogens (primary N) is 1. The average Bonchev–Trinajstić information content (AvgIpc) is 2.64. The van der Waals surface area contributed by atoms with Gasteiger partial charge in [-0.1, -0.05) is 13.0 Å². The third kappa shape index (κ3) is 3.96. The monoisotopic (exact) mass is 345 g/mol. The van der Waals surface area contributed by atoms with Gasteiger partial charge in [0.25, 0.3) is 0 Å². The number of carbonyl (C=O) groups is 1. The molecule has 0 heterocycles. The normalized spacial score (nSPS) is 11.5. The van der Waals surface area contributed by atoms with E-state index in [1.807, 2.05) is 6.92 Å². The molecule has 0 fully saturated rings. The van der Waals surface area contributed by atoms with Gasteiger partial charge >= 0.3 is 0 Å². The molecule has 0 bridgehead atoms. The molecular formula is C19H23NO5. The second-order valence-corrected chi connectivity index (χ2v) is 5.33. The van der Waals surface area contributed by atoms with Crippen molar-refractivity contribution in [3.8, 4) is 23.0 Å². The van der Waals surface area contributed by atoms with Crippen molar-refractivity contribution >= 4 is 11.5 Å². The van der Waals surface area contributed by atoms with Gasteiger partial charge in [0.15, 0.2) is 17.6 Å². The summed E-state index contributed by atoms with van der Waals surface area (Å²) in [6, 6.07) is 10.3. The first kappa shape index (κ1) is 18.4. The molecule has 0 aliphatic heterocycles. The third-order valence-electron chi connectivity index (χ3n) is 3.77. The Kier molecular flexibility index (Phi) is 6.11. The Morgan fingerprint density at radius 3 is 2.32 bits per heavy atom. The molecule has 2 aromatic rings. The van der Waals surface area contributed by atoms with Crippen molar-refractivity contribution in [3.05, 3.63) is 42.0 Å². The number of methoxy groups -OCH3 is 3. The second-order valence-electron chi connectivity index (χ2n) is 5.33. The van der Waals surface area contributed by atoms with E-state index in [0.29, 0.717) is 40.7 Å². The van der Waals surface area contributed by atoms with Gasteiger partial charge < -0.3 is 24.7 Å². The van der Waals surface area contributed by atoms with Crippen molar-refractivity contribution in [1.29, 1.82) is 0 Å². The van der Waals surface area contributed by atoms with Gasteiger partial charge in [0.05, 0.1) is 26.9 Å². The Bertz CT molecular complexity index is 745. The molecule has 6 nitrogen and oxygen atoms in total. The molecule has 0 aliphatic rings. The number of ketones is 1. The van der Waals surface area contributed by atoms with Crippen LogP contribution in [-0.4, -0.2) is 33.2 Å². The zero-order chi connectivity index (χ0) is 18.4. The standard InChI is InChI=1S/C19H23NO5/c1-5-15(25-13-8-6-7-12(20)11-13)17(21)14-9-10-16(22-2)19(24-4)18(14)23-3/h6-11,15H,5,20H2,1-4H3. The van der Waals surface area contributed by atoms with Crippen LogP contribution in [0.5, 0.6) is 23.0 Å². The molecule has 134 valence electrons. The van der Waals surface area contributed by atoms with E-state index in [1.54, 1.807) is 36.4 Å². The highest BCUT2D eigenvalue weighted by molar-refractivity contribution is 6.03. The van der Waals surface area contributed by atoms with Crippen LogP contribution in [0, 0.1) is 0 Å². The van der Waals surface area contributed by atoms with Gasteiger partial charge in [-0.25, -0.2) is 0 Å². The quantitative estimate of drug-likeness (QED) is 0.584. The summed E-state index contributed by atoms with van der Waals surface area (Å²) >= 11 is 0. The molecular weight excluding hydrogens is 322 g/mol. The zero-order valence-corrected chi connectivity index (χ0v) is 14.9. The van der Waals surface area contributed by atoms with Gasteiger partial charge in [-0.3, -0.25) is 4.79 Å². The van der Waals surface area contributed by atoms with Gasteiger partial charge in [-0.05, 0) is 30.7 Å². The summed E-state index contributed by atoms with van der Waals surface area (Å²) in [6.45, 7) is 1.88. The lowest BCUT2D eigenvalue weighted by Gasteiger charge is -2.20. The summed E-state index contributed by atoms with van der Waals surface area (Å²) in [5.74, 6) is 1.51. The zero-order valence-electron chi connectivity index (χ0n) is 14.9. The molecule has 2 rings (SSSR count). The lowest BCUT2D eigenvalue weighted by Crippen LogP contribution is -2.27. The van der Waals surface area contributed by atoms with Crippen LogP contribution in [0.2, 0.25) is 0 Å². The number of hydrogen-bond acceptors (Lipinski definition) is 6. The molecule has 6 heteroatoms. The Morgan fingerprint density at radius 2 is 1.76 bits per heavy atom. The van der Waals surface area contributed by atoms with E-state index in [4.69, 9.17) is 24.7 Å². The summed E-state index contributed by atoms with van der Waals surface area (Å²) in [5.41, 5.74) is 6.71. The van der Waals surface area contributed by atoms with E-state index in [0.717, 1.165) is 0 Å². The van der Waals surface area contributed by atoms with Crippen molar-refractivity contribution in [2.45, 2.75) is 19.4 Å². The summed E-state index contributed by atoms with van der Waals surface area (Å²) in [4.78, 5) is 13.0. The summed E-state index contributed by atoms with van der Waals surface area (Å²) < 4.78 is 21.8. The molecule has 1 unspecified atom stereocenters. The van der Waals surface area contributed by atoms with E-state index in [-0.39, 0.29) is 5.78 Å². The molecule has 0 aliphatic carbocycles. The van der Waals surface area contributed by atoms with Crippen molar-refractivity contribution in [2.75, 3.05) is 27.1 Å². The lowest BCUT2D eigenvalue weighted by atomic mass is 10.0. The first-order chi connectivity index (χ1) is 12.0. The minimum Gasteiger partial charge on any atom is -0.493 e. The Morgan fingerprint density at radius 1 is 1.04 bits per heavy atom. The van der Waals surface area contributed by atoms with E-state index in [9.17, 15) is 4.79 Å². The van der Waals surface area contributed by atoms with Crippen LogP contribution in [-0.2, 0) is 0 Å². The largest absolute Gasteiger partial charge is 0.493 e. The summed E-state index contributed by atoms with van der Waals surface area (Å²) in [5, 5.41) is 0. The van der Waals surface area contributed by atoms with Crippen LogP contribution in [0.4, 0.5) is 5.69 Å². The minimum atomic E-state index is -0.672. The highest BCUT2D eigenvalue weighted by atomic mass is 16.5. The first-order valence-corrected chi connectivity index (χ1v) is 7.91. The molecule has 25 heavy (non-hydrogen) atoms. The molecule has 0 amide bonds. The maximum absolute atomic E-state index is 13.0. The maximum atomic E-state index is 13.0. The summed E-state index contributed by atoms with van der Waals surface area (Å²) in [6.07, 6.45) is -0.181. The topological polar surface area (TPSA) is 80.0 Å². The van der Waals surface area contributed by atoms with E-state index in [2.05, 4.69) is 0 Å². The number of carbonyl (C=O) groups excluding carboxylic acids is 1. The molecule has 0 radical (unpaired) electrons. The van der Waals surface area contributed by atoms with Crippen LogP contribution >= 0.6 is 0 Å². The van der Waals surface area contributed by atoms with Crippen LogP contribution in [0.1, 0.15) is 23.7 Å². The van der Waals surface area contributed by atoms with Gasteiger partial charge in [-0.2, -0.15) is 0 Å². The van der Waals surface area contributed by atoms with E-state index in [1.165, 1.54) is 21.3 Å². The first-order valence-electron chi connectivity index (χ1n) is 7.91. The van der Waals surface area contributed by atoms with E-state index < -0.39 is 6.10 Å². The molecule has 2 N–H and O–H groups in total. The van der Waals surface area contributed by atoms with Gasteiger partial charge in [0.2, 0.25) is 11.5 Å². The fourth-order valence-electron chi connectivity index (χ4n) is 2.54. The van der Waals surface area contributed by atoms with Gasteiger partial charge in [0.1, 0.15) is 5.75 Å². The molecule has 1 atom stereocenters. The number of rotatable bonds is 8. The minimum absolute atomic E-state index is 0.206. The fraction of sp³-hybridized carbons (Fsp3) is 0.316. The summed E-state index contributed by atoms with van der Waals surface area (Å²) in [7, 11) is 4.50. The number of hydrogen-bond donors (Lipinski definition) is 1. The lowest BCUT2D eigenvalue weighted by molar-refractivity contribution is 0.0782. The van der Waals surface area contributed by atoms with Crippen molar-refractivity contribution < 1.29 is 23.7 Å². The van der Waals surface area contributed by atoms with Gasteiger partial charge in [0, 0.05) is 11.8 Å². The number of anilines is 1. The number of Topliss-reactive ketones (excluding diaryl/α,β-unsaturated/α-hetero) is 1. The number of nitrogen functional groups attached to an aromatic ring is 1. The van der Waals surface area contributed by atoms with Crippen molar-refractivity contribution in [1.82, 2.24) is 0 Å². The molecule has 0 aromatic heterocycles. The molecule has 0 saturated carbocycles. The van der Waals surface area contributed by atoms with Crippen LogP contribution in [0.3, 0.4) is 0 Å². The molecule has 0 saturated heterocycles. The smallest absolute Gasteiger partial charge is 0.207 e. The maximum Gasteiger partial charge on any atom is 0.207 e. The molecule has 2 aromatic carbocycles. The Hall–Kier alpha value is -2.89.